The molecule has 0 spiro atoms. The van der Waals surface area contributed by atoms with E-state index in [4.69, 9.17) is 19.2 Å². The number of aryl methyl sites for hydroxylation is 1. The molecular formula is C31H41F2N3O5. The van der Waals surface area contributed by atoms with E-state index in [-0.39, 0.29) is 18.6 Å². The summed E-state index contributed by atoms with van der Waals surface area (Å²) < 4.78 is 46.5. The number of anilines is 1. The monoisotopic (exact) mass is 573 g/mol. The number of ether oxygens (including phenoxy) is 3. The number of carboxylic acids is 1. The number of carbonyl (C=O) groups is 1. The second-order valence-corrected chi connectivity index (χ2v) is 11.4. The molecule has 0 bridgehead atoms. The summed E-state index contributed by atoms with van der Waals surface area (Å²) in [4.78, 5) is 19.0. The molecule has 3 unspecified atom stereocenters. The van der Waals surface area contributed by atoms with Crippen LogP contribution in [-0.2, 0) is 33.7 Å². The summed E-state index contributed by atoms with van der Waals surface area (Å²) in [7, 11) is 1.68. The van der Waals surface area contributed by atoms with Crippen molar-refractivity contribution in [2.75, 3.05) is 45.3 Å². The molecule has 2 N–H and O–H groups in total. The number of fused-ring (bicyclic) bond motifs is 1. The number of rotatable bonds is 13. The molecule has 0 radical (unpaired) electrons. The molecule has 2 saturated heterocycles. The van der Waals surface area contributed by atoms with Crippen molar-refractivity contribution in [3.8, 4) is 5.75 Å². The lowest BCUT2D eigenvalue weighted by molar-refractivity contribution is -0.143. The number of hydrogen-bond acceptors (Lipinski definition) is 7. The number of carboxylic acid groups (broad SMARTS) is 1. The van der Waals surface area contributed by atoms with E-state index < -0.39 is 24.0 Å². The first kappa shape index (κ1) is 29.7. The molecule has 41 heavy (non-hydrogen) atoms. The fraction of sp³-hybridized carbons (Fsp3) is 0.613. The summed E-state index contributed by atoms with van der Waals surface area (Å²) in [5, 5.41) is 13.5. The highest BCUT2D eigenvalue weighted by atomic mass is 19.1. The molecular weight excluding hydrogens is 532 g/mol. The van der Waals surface area contributed by atoms with Gasteiger partial charge in [-0.1, -0.05) is 12.5 Å². The van der Waals surface area contributed by atoms with Gasteiger partial charge in [0.1, 0.15) is 29.6 Å². The second kappa shape index (κ2) is 13.9. The Labute approximate surface area is 240 Å². The van der Waals surface area contributed by atoms with Gasteiger partial charge in [0.25, 0.3) is 0 Å². The number of unbranched alkanes of at least 4 members (excludes halogenated alkanes) is 1. The predicted molar refractivity (Wildman–Crippen MR) is 151 cm³/mol. The van der Waals surface area contributed by atoms with Crippen LogP contribution in [-0.4, -0.2) is 73.2 Å². The minimum absolute atomic E-state index is 0.0543. The molecule has 1 aromatic heterocycles. The van der Waals surface area contributed by atoms with Crippen LogP contribution in [0.1, 0.15) is 67.0 Å². The molecule has 10 heteroatoms. The average Bonchev–Trinajstić information content (AvgIpc) is 3.67. The fourth-order valence-corrected chi connectivity index (χ4v) is 6.28. The zero-order valence-electron chi connectivity index (χ0n) is 23.7. The maximum absolute atomic E-state index is 15.3. The number of aliphatic carboxylic acids is 1. The third-order valence-electron chi connectivity index (χ3n) is 8.55. The van der Waals surface area contributed by atoms with Gasteiger partial charge in [-0.15, -0.1) is 0 Å². The van der Waals surface area contributed by atoms with Gasteiger partial charge >= 0.3 is 5.97 Å². The first-order valence-corrected chi connectivity index (χ1v) is 14.8. The van der Waals surface area contributed by atoms with E-state index in [9.17, 15) is 14.3 Å². The van der Waals surface area contributed by atoms with Gasteiger partial charge < -0.3 is 24.6 Å². The van der Waals surface area contributed by atoms with E-state index in [1.165, 1.54) is 12.1 Å². The van der Waals surface area contributed by atoms with Crippen LogP contribution < -0.4 is 10.1 Å². The summed E-state index contributed by atoms with van der Waals surface area (Å²) in [6, 6.07) is 5.13. The Balaban J connectivity index is 1.15. The van der Waals surface area contributed by atoms with Crippen molar-refractivity contribution in [3.05, 3.63) is 52.5 Å². The number of pyridine rings is 1. The lowest BCUT2D eigenvalue weighted by Gasteiger charge is -2.27. The van der Waals surface area contributed by atoms with Crippen LogP contribution >= 0.6 is 0 Å². The largest absolute Gasteiger partial charge is 0.496 e. The van der Waals surface area contributed by atoms with Crippen LogP contribution in [0.2, 0.25) is 0 Å². The number of halogens is 2. The van der Waals surface area contributed by atoms with Crippen molar-refractivity contribution in [1.82, 2.24) is 9.88 Å². The van der Waals surface area contributed by atoms with Crippen LogP contribution in [0.15, 0.2) is 24.3 Å². The summed E-state index contributed by atoms with van der Waals surface area (Å²) >= 11 is 0. The molecule has 1 aromatic carbocycles. The number of benzene rings is 1. The van der Waals surface area contributed by atoms with Crippen molar-refractivity contribution in [1.29, 1.82) is 0 Å². The molecule has 0 aliphatic carbocycles. The van der Waals surface area contributed by atoms with Gasteiger partial charge in [-0.05, 0) is 74.8 Å². The first-order chi connectivity index (χ1) is 19.9. The van der Waals surface area contributed by atoms with Crippen molar-refractivity contribution < 1.29 is 32.9 Å². The lowest BCUT2D eigenvalue weighted by atomic mass is 9.96. The topological polar surface area (TPSA) is 93.2 Å². The van der Waals surface area contributed by atoms with Crippen molar-refractivity contribution >= 4 is 11.8 Å². The van der Waals surface area contributed by atoms with E-state index in [0.29, 0.717) is 56.7 Å². The van der Waals surface area contributed by atoms with Crippen LogP contribution in [0.3, 0.4) is 0 Å². The Morgan fingerprint density at radius 3 is 2.95 bits per heavy atom. The maximum atomic E-state index is 15.3. The number of nitrogens with one attached hydrogen (secondary N) is 1. The van der Waals surface area contributed by atoms with E-state index in [1.54, 1.807) is 18.1 Å². The summed E-state index contributed by atoms with van der Waals surface area (Å²) in [5.41, 5.74) is 3.07. The van der Waals surface area contributed by atoms with Crippen LogP contribution in [0.5, 0.6) is 5.75 Å². The third kappa shape index (κ3) is 7.34. The standard InChI is InChI=1S/C31H41F2N3O5/c1-39-28-16-23(35-30-25(28)6-4-12-34-30)5-2-3-7-27(33)20-10-13-36(17-20)29(31(37)38)26-15-22(32)9-8-21(26)18-41-24-11-14-40-19-24/h8-9,15-16,20,24,27,29H,2-7,10-14,17-19H2,1H3,(H,34,35)(H,37,38)/t20-,24?,27?,29?/m1/s1. The zero-order valence-corrected chi connectivity index (χ0v) is 23.7. The summed E-state index contributed by atoms with van der Waals surface area (Å²) in [6.45, 7) is 2.98. The number of nitrogens with zero attached hydrogens (tertiary/aromatic N) is 2. The second-order valence-electron chi connectivity index (χ2n) is 11.4. The molecule has 3 aliphatic heterocycles. The highest BCUT2D eigenvalue weighted by molar-refractivity contribution is 5.76. The number of alkyl halides is 1. The van der Waals surface area contributed by atoms with Gasteiger partial charge in [-0.3, -0.25) is 9.69 Å². The third-order valence-corrected chi connectivity index (χ3v) is 8.55. The van der Waals surface area contributed by atoms with Crippen molar-refractivity contribution in [2.24, 2.45) is 5.92 Å². The van der Waals surface area contributed by atoms with Crippen molar-refractivity contribution in [3.63, 3.8) is 0 Å². The lowest BCUT2D eigenvalue weighted by Crippen LogP contribution is -2.34. The van der Waals surface area contributed by atoms with Crippen LogP contribution in [0.25, 0.3) is 0 Å². The summed E-state index contributed by atoms with van der Waals surface area (Å²) in [5.74, 6) is -0.0691. The molecule has 4 atom stereocenters. The summed E-state index contributed by atoms with van der Waals surface area (Å²) in [6.07, 6.45) is 4.96. The molecule has 3 aliphatic rings. The SMILES string of the molecule is COc1cc(CCCCC(F)[C@@H]2CCN(C(C(=O)O)c3cc(F)ccc3COC3CCOC3)C2)nc2c1CCCN2. The van der Waals surface area contributed by atoms with Gasteiger partial charge in [0, 0.05) is 42.9 Å². The fourth-order valence-electron chi connectivity index (χ4n) is 6.28. The molecule has 5 rings (SSSR count). The van der Waals surface area contributed by atoms with Gasteiger partial charge in [0.05, 0.1) is 26.4 Å². The van der Waals surface area contributed by atoms with Crippen LogP contribution in [0, 0.1) is 11.7 Å². The molecule has 2 fully saturated rings. The number of aromatic nitrogens is 1. The van der Waals surface area contributed by atoms with Crippen LogP contribution in [0.4, 0.5) is 14.6 Å². The van der Waals surface area contributed by atoms with Gasteiger partial charge in [-0.25, -0.2) is 13.8 Å². The number of likely N-dealkylation sites (tertiary alicyclic amines) is 1. The minimum Gasteiger partial charge on any atom is -0.496 e. The number of methoxy groups -OCH3 is 1. The quantitative estimate of drug-likeness (QED) is 0.320. The average molecular weight is 574 g/mol. The first-order valence-electron chi connectivity index (χ1n) is 14.8. The zero-order chi connectivity index (χ0) is 28.8. The van der Waals surface area contributed by atoms with Gasteiger partial charge in [-0.2, -0.15) is 0 Å². The predicted octanol–water partition coefficient (Wildman–Crippen LogP) is 5.09. The van der Waals surface area contributed by atoms with E-state index in [1.807, 2.05) is 6.07 Å². The highest BCUT2D eigenvalue weighted by Crippen LogP contribution is 2.35. The Morgan fingerprint density at radius 1 is 1.29 bits per heavy atom. The molecule has 224 valence electrons. The Kier molecular flexibility index (Phi) is 10.1. The smallest absolute Gasteiger partial charge is 0.325 e. The molecule has 0 amide bonds. The van der Waals surface area contributed by atoms with Gasteiger partial charge in [0.2, 0.25) is 0 Å². The van der Waals surface area contributed by atoms with E-state index in [0.717, 1.165) is 61.5 Å². The number of hydrogen-bond donors (Lipinski definition) is 2. The Bertz CT molecular complexity index is 1180. The van der Waals surface area contributed by atoms with E-state index >= 15 is 4.39 Å². The molecule has 4 heterocycles. The maximum Gasteiger partial charge on any atom is 0.325 e. The normalized spacial score (nSPS) is 22.2. The molecule has 0 saturated carbocycles. The Morgan fingerprint density at radius 2 is 2.17 bits per heavy atom. The van der Waals surface area contributed by atoms with Crippen molar-refractivity contribution in [2.45, 2.75) is 76.3 Å². The van der Waals surface area contributed by atoms with Gasteiger partial charge in [0.15, 0.2) is 0 Å². The minimum atomic E-state index is -1.07. The molecule has 8 nitrogen and oxygen atoms in total. The molecule has 2 aromatic rings. The highest BCUT2D eigenvalue weighted by Gasteiger charge is 2.38. The Hall–Kier alpha value is -2.82. The van der Waals surface area contributed by atoms with E-state index in [2.05, 4.69) is 5.32 Å².